The molecule has 6 heteroatoms. The lowest BCUT2D eigenvalue weighted by molar-refractivity contribution is -0.129. The van der Waals surface area contributed by atoms with Crippen molar-refractivity contribution in [3.63, 3.8) is 0 Å². The van der Waals surface area contributed by atoms with Gasteiger partial charge in [-0.2, -0.15) is 0 Å². The second-order valence-electron chi connectivity index (χ2n) is 8.10. The van der Waals surface area contributed by atoms with Crippen molar-refractivity contribution in [2.45, 2.75) is 25.8 Å². The van der Waals surface area contributed by atoms with Gasteiger partial charge >= 0.3 is 0 Å². The lowest BCUT2D eigenvalue weighted by atomic mass is 10.0. The van der Waals surface area contributed by atoms with Gasteiger partial charge in [0.2, 0.25) is 5.91 Å². The molecular weight excluding hydrogens is 374 g/mol. The summed E-state index contributed by atoms with van der Waals surface area (Å²) in [5.41, 5.74) is 6.14. The SMILES string of the molecule is CC(=O)N1CCC[C@@H](Nc2cc(-c3ccc4ccn(C)c4c3)c3nccnc3c2)C1. The Morgan fingerprint density at radius 3 is 2.87 bits per heavy atom. The van der Waals surface area contributed by atoms with Crippen LogP contribution < -0.4 is 5.32 Å². The predicted molar refractivity (Wildman–Crippen MR) is 120 cm³/mol. The Bertz CT molecular complexity index is 1250. The zero-order valence-electron chi connectivity index (χ0n) is 17.3. The maximum atomic E-state index is 11.8. The number of hydrogen-bond donors (Lipinski definition) is 1. The molecule has 0 radical (unpaired) electrons. The number of nitrogens with zero attached hydrogens (tertiary/aromatic N) is 4. The molecule has 4 aromatic rings. The molecule has 1 aliphatic heterocycles. The number of anilines is 1. The Morgan fingerprint density at radius 1 is 1.13 bits per heavy atom. The van der Waals surface area contributed by atoms with Crippen molar-refractivity contribution in [2.75, 3.05) is 18.4 Å². The molecule has 1 saturated heterocycles. The number of hydrogen-bond acceptors (Lipinski definition) is 4. The van der Waals surface area contributed by atoms with Crippen LogP contribution in [0.2, 0.25) is 0 Å². The Labute approximate surface area is 175 Å². The normalized spacial score (nSPS) is 16.9. The van der Waals surface area contributed by atoms with Gasteiger partial charge in [-0.05, 0) is 48.1 Å². The number of aryl methyl sites for hydroxylation is 1. The maximum absolute atomic E-state index is 11.8. The van der Waals surface area contributed by atoms with Crippen molar-refractivity contribution in [1.29, 1.82) is 0 Å². The second-order valence-corrected chi connectivity index (χ2v) is 8.10. The number of carbonyl (C=O) groups is 1. The molecule has 6 nitrogen and oxygen atoms in total. The number of carbonyl (C=O) groups excluding carboxylic acids is 1. The number of amides is 1. The van der Waals surface area contributed by atoms with Gasteiger partial charge in [0.15, 0.2) is 0 Å². The van der Waals surface area contributed by atoms with Gasteiger partial charge in [0.05, 0.1) is 11.0 Å². The molecular formula is C24H25N5O. The van der Waals surface area contributed by atoms with Gasteiger partial charge in [0.1, 0.15) is 0 Å². The first-order chi connectivity index (χ1) is 14.6. The molecule has 1 amide bonds. The van der Waals surface area contributed by atoms with E-state index in [1.807, 2.05) is 4.90 Å². The van der Waals surface area contributed by atoms with Crippen LogP contribution in [0.1, 0.15) is 19.8 Å². The molecule has 0 unspecified atom stereocenters. The van der Waals surface area contributed by atoms with Crippen LogP contribution >= 0.6 is 0 Å². The van der Waals surface area contributed by atoms with E-state index in [9.17, 15) is 4.79 Å². The lowest BCUT2D eigenvalue weighted by Gasteiger charge is -2.33. The van der Waals surface area contributed by atoms with E-state index in [2.05, 4.69) is 69.5 Å². The quantitative estimate of drug-likeness (QED) is 0.561. The first-order valence-corrected chi connectivity index (χ1v) is 10.4. The summed E-state index contributed by atoms with van der Waals surface area (Å²) >= 11 is 0. The van der Waals surface area contributed by atoms with Crippen LogP contribution in [0.15, 0.2) is 55.0 Å². The molecule has 0 aliphatic carbocycles. The highest BCUT2D eigenvalue weighted by molar-refractivity contribution is 5.97. The fraction of sp³-hybridized carbons (Fsp3) is 0.292. The molecule has 2 aromatic heterocycles. The molecule has 1 atom stereocenters. The Balaban J connectivity index is 1.56. The van der Waals surface area contributed by atoms with Crippen molar-refractivity contribution in [1.82, 2.24) is 19.4 Å². The number of likely N-dealkylation sites (tertiary alicyclic amines) is 1. The smallest absolute Gasteiger partial charge is 0.219 e. The zero-order chi connectivity index (χ0) is 20.7. The van der Waals surface area contributed by atoms with Gasteiger partial charge in [-0.15, -0.1) is 0 Å². The van der Waals surface area contributed by atoms with E-state index in [0.29, 0.717) is 0 Å². The standard InChI is InChI=1S/C24H25N5O/c1-16(30)29-10-3-4-19(15-29)27-20-13-21(24-22(14-20)25-8-9-26-24)18-6-5-17-7-11-28(2)23(17)12-18/h5-9,11-14,19,27H,3-4,10,15H2,1-2H3/t19-/m1/s1. The summed E-state index contributed by atoms with van der Waals surface area (Å²) in [7, 11) is 2.06. The van der Waals surface area contributed by atoms with Gasteiger partial charge in [-0.3, -0.25) is 14.8 Å². The first kappa shape index (κ1) is 18.6. The van der Waals surface area contributed by atoms with E-state index < -0.39 is 0 Å². The molecule has 1 aliphatic rings. The van der Waals surface area contributed by atoms with E-state index >= 15 is 0 Å². The summed E-state index contributed by atoms with van der Waals surface area (Å²) in [6, 6.07) is 13.1. The molecule has 2 aromatic carbocycles. The highest BCUT2D eigenvalue weighted by atomic mass is 16.2. The minimum Gasteiger partial charge on any atom is -0.380 e. The Hall–Kier alpha value is -3.41. The van der Waals surface area contributed by atoms with Crippen LogP contribution in [-0.4, -0.2) is 44.5 Å². The third-order valence-corrected chi connectivity index (χ3v) is 6.01. The van der Waals surface area contributed by atoms with Crippen LogP contribution in [0, 0.1) is 0 Å². The van der Waals surface area contributed by atoms with Crippen LogP contribution in [0.5, 0.6) is 0 Å². The molecule has 0 saturated carbocycles. The van der Waals surface area contributed by atoms with E-state index in [0.717, 1.165) is 53.8 Å². The van der Waals surface area contributed by atoms with E-state index in [-0.39, 0.29) is 11.9 Å². The number of rotatable bonds is 3. The van der Waals surface area contributed by atoms with E-state index in [1.165, 1.54) is 10.9 Å². The van der Waals surface area contributed by atoms with Crippen LogP contribution in [-0.2, 0) is 11.8 Å². The number of nitrogens with one attached hydrogen (secondary N) is 1. The fourth-order valence-corrected chi connectivity index (χ4v) is 4.42. The van der Waals surface area contributed by atoms with Crippen LogP contribution in [0.25, 0.3) is 33.1 Å². The molecule has 1 N–H and O–H groups in total. The Morgan fingerprint density at radius 2 is 2.00 bits per heavy atom. The molecule has 0 bridgehead atoms. The predicted octanol–water partition coefficient (Wildman–Crippen LogP) is 4.21. The molecule has 0 spiro atoms. The highest BCUT2D eigenvalue weighted by Gasteiger charge is 2.22. The summed E-state index contributed by atoms with van der Waals surface area (Å²) in [4.78, 5) is 22.9. The van der Waals surface area contributed by atoms with Gasteiger partial charge in [0, 0.05) is 68.5 Å². The van der Waals surface area contributed by atoms with E-state index in [1.54, 1.807) is 19.3 Å². The summed E-state index contributed by atoms with van der Waals surface area (Å²) in [6.45, 7) is 3.23. The molecule has 5 rings (SSSR count). The number of benzene rings is 2. The van der Waals surface area contributed by atoms with Crippen LogP contribution in [0.4, 0.5) is 5.69 Å². The van der Waals surface area contributed by atoms with Crippen LogP contribution in [0.3, 0.4) is 0 Å². The first-order valence-electron chi connectivity index (χ1n) is 10.4. The molecule has 1 fully saturated rings. The summed E-state index contributed by atoms with van der Waals surface area (Å²) in [5, 5.41) is 4.86. The third-order valence-electron chi connectivity index (χ3n) is 6.01. The molecule has 3 heterocycles. The van der Waals surface area contributed by atoms with E-state index in [4.69, 9.17) is 0 Å². The minimum atomic E-state index is 0.141. The molecule has 30 heavy (non-hydrogen) atoms. The second kappa shape index (κ2) is 7.44. The minimum absolute atomic E-state index is 0.141. The summed E-state index contributed by atoms with van der Waals surface area (Å²) < 4.78 is 2.13. The monoisotopic (exact) mass is 399 g/mol. The largest absolute Gasteiger partial charge is 0.380 e. The van der Waals surface area contributed by atoms with Crippen molar-refractivity contribution in [3.8, 4) is 11.1 Å². The lowest BCUT2D eigenvalue weighted by Crippen LogP contribution is -2.44. The number of fused-ring (bicyclic) bond motifs is 2. The zero-order valence-corrected chi connectivity index (χ0v) is 17.3. The third kappa shape index (κ3) is 3.38. The van der Waals surface area contributed by atoms with Gasteiger partial charge < -0.3 is 14.8 Å². The average molecular weight is 399 g/mol. The fourth-order valence-electron chi connectivity index (χ4n) is 4.42. The highest BCUT2D eigenvalue weighted by Crippen LogP contribution is 2.32. The van der Waals surface area contributed by atoms with Crippen molar-refractivity contribution in [2.24, 2.45) is 7.05 Å². The average Bonchev–Trinajstić information content (AvgIpc) is 3.13. The van der Waals surface area contributed by atoms with Crippen molar-refractivity contribution < 1.29 is 4.79 Å². The van der Waals surface area contributed by atoms with Crippen molar-refractivity contribution >= 4 is 33.5 Å². The van der Waals surface area contributed by atoms with Gasteiger partial charge in [-0.25, -0.2) is 0 Å². The maximum Gasteiger partial charge on any atom is 0.219 e. The number of piperidine rings is 1. The summed E-state index contributed by atoms with van der Waals surface area (Å²) in [5.74, 6) is 0.141. The molecule has 152 valence electrons. The van der Waals surface area contributed by atoms with Crippen molar-refractivity contribution in [3.05, 3.63) is 55.0 Å². The topological polar surface area (TPSA) is 63.1 Å². The number of aromatic nitrogens is 3. The van der Waals surface area contributed by atoms with Gasteiger partial charge in [-0.1, -0.05) is 12.1 Å². The Kier molecular flexibility index (Phi) is 4.62. The van der Waals surface area contributed by atoms with Gasteiger partial charge in [0.25, 0.3) is 0 Å². The summed E-state index contributed by atoms with van der Waals surface area (Å²) in [6.07, 6.45) is 7.61.